The number of carboxylic acid groups (broad SMARTS) is 1. The number of hydrogen-bond acceptors (Lipinski definition) is 5. The van der Waals surface area contributed by atoms with Gasteiger partial charge in [0.25, 0.3) is 0 Å². The van der Waals surface area contributed by atoms with E-state index in [0.717, 1.165) is 0 Å². The number of carbonyl (C=O) groups is 1. The van der Waals surface area contributed by atoms with E-state index in [4.69, 9.17) is 30.9 Å². The number of hydrogen-bond donors (Lipinski definition) is 2. The summed E-state index contributed by atoms with van der Waals surface area (Å²) in [6.07, 6.45) is 0.193. The monoisotopic (exact) mass is 318 g/mol. The predicted octanol–water partition coefficient (Wildman–Crippen LogP) is 1.59. The molecular weight excluding hydrogens is 306 g/mol. The first kappa shape index (κ1) is 16.1. The molecule has 0 saturated heterocycles. The molecule has 1 unspecified atom stereocenters. The highest BCUT2D eigenvalue weighted by Gasteiger charge is 2.20. The van der Waals surface area contributed by atoms with Crippen molar-refractivity contribution in [2.75, 3.05) is 5.73 Å². The highest BCUT2D eigenvalue weighted by molar-refractivity contribution is 6.22. The molecule has 1 atom stereocenters. The average Bonchev–Trinajstić information content (AvgIpc) is 2.54. The van der Waals surface area contributed by atoms with Crippen LogP contribution in [0.3, 0.4) is 0 Å². The fraction of sp³-hybridized carbons (Fsp3) is 0.188. The van der Waals surface area contributed by atoms with Gasteiger partial charge in [0.15, 0.2) is 0 Å². The van der Waals surface area contributed by atoms with Crippen LogP contribution in [0, 0.1) is 0 Å². The molecule has 8 heteroatoms. The molecule has 0 amide bonds. The Hall–Kier alpha value is -2.76. The number of rotatable bonds is 3. The maximum Gasteiger partial charge on any atom is 0.339 e. The molecule has 0 saturated carbocycles. The first-order chi connectivity index (χ1) is 11.2. The van der Waals surface area contributed by atoms with Gasteiger partial charge < -0.3 is 15.3 Å². The van der Waals surface area contributed by atoms with E-state index in [2.05, 4.69) is 4.98 Å². The van der Waals surface area contributed by atoms with Crippen molar-refractivity contribution < 1.29 is 14.3 Å². The molecule has 0 bridgehead atoms. The van der Waals surface area contributed by atoms with Crippen molar-refractivity contribution in [3.05, 3.63) is 45.6 Å². The van der Waals surface area contributed by atoms with Crippen LogP contribution in [0.25, 0.3) is 22.1 Å². The minimum atomic E-state index is -1.27. The second-order valence-electron chi connectivity index (χ2n) is 5.84. The minimum Gasteiger partial charge on any atom is -0.478 e. The molecule has 116 valence electrons. The standard InChI is InChI=1S/C16H12B2N2O4/c1-16(18,6-17)7-2-3-11-8(4-7)12(21)9-5-10(15(22)23)13(19)20-14(9)24-11/h2-5H,6H2,1H3,(H2,19,20)(H,22,23). The number of nitrogen functional groups attached to an aromatic ring is 1. The van der Waals surface area contributed by atoms with Crippen LogP contribution in [0.4, 0.5) is 5.82 Å². The summed E-state index contributed by atoms with van der Waals surface area (Å²) < 4.78 is 5.59. The highest BCUT2D eigenvalue weighted by atomic mass is 16.4. The van der Waals surface area contributed by atoms with E-state index in [1.54, 1.807) is 25.1 Å². The molecule has 0 aliphatic heterocycles. The van der Waals surface area contributed by atoms with Gasteiger partial charge in [0.05, 0.1) is 26.5 Å². The Balaban J connectivity index is 2.38. The molecule has 2 aromatic heterocycles. The predicted molar refractivity (Wildman–Crippen MR) is 92.8 cm³/mol. The lowest BCUT2D eigenvalue weighted by atomic mass is 9.59. The summed E-state index contributed by atoms with van der Waals surface area (Å²) >= 11 is 0. The molecule has 3 aromatic rings. The van der Waals surface area contributed by atoms with Crippen LogP contribution in [0.5, 0.6) is 0 Å². The first-order valence-corrected chi connectivity index (χ1v) is 7.14. The SMILES string of the molecule is [B]CC([B])(C)c1ccc2oc3nc(N)c(C(=O)O)cc3c(=O)c2c1. The lowest BCUT2D eigenvalue weighted by Gasteiger charge is -2.24. The van der Waals surface area contributed by atoms with Gasteiger partial charge in [0, 0.05) is 0 Å². The first-order valence-electron chi connectivity index (χ1n) is 7.14. The zero-order valence-corrected chi connectivity index (χ0v) is 12.9. The zero-order chi connectivity index (χ0) is 17.6. The molecule has 3 N–H and O–H groups in total. The number of nitrogens with zero attached hydrogens (tertiary/aromatic N) is 1. The maximum absolute atomic E-state index is 12.7. The second-order valence-corrected chi connectivity index (χ2v) is 5.84. The Morgan fingerprint density at radius 1 is 1.38 bits per heavy atom. The second kappa shape index (κ2) is 5.40. The Labute approximate surface area is 139 Å². The van der Waals surface area contributed by atoms with Crippen molar-refractivity contribution in [3.63, 3.8) is 0 Å². The number of benzene rings is 1. The van der Waals surface area contributed by atoms with E-state index in [-0.39, 0.29) is 34.2 Å². The van der Waals surface area contributed by atoms with Crippen molar-refractivity contribution in [1.29, 1.82) is 0 Å². The number of nitrogens with two attached hydrogens (primary N) is 1. The quantitative estimate of drug-likeness (QED) is 0.561. The topological polar surface area (TPSA) is 106 Å². The summed E-state index contributed by atoms with van der Waals surface area (Å²) in [5, 5.41) is 8.64. The van der Waals surface area contributed by atoms with Gasteiger partial charge in [-0.1, -0.05) is 30.2 Å². The summed E-state index contributed by atoms with van der Waals surface area (Å²) in [6, 6.07) is 6.10. The fourth-order valence-electron chi connectivity index (χ4n) is 2.44. The van der Waals surface area contributed by atoms with E-state index in [1.807, 2.05) is 0 Å². The zero-order valence-electron chi connectivity index (χ0n) is 12.9. The number of anilines is 1. The third-order valence-electron chi connectivity index (χ3n) is 4.01. The van der Waals surface area contributed by atoms with Crippen LogP contribution in [-0.2, 0) is 5.31 Å². The molecule has 0 aliphatic carbocycles. The molecule has 0 fully saturated rings. The molecule has 1 aromatic carbocycles. The van der Waals surface area contributed by atoms with Gasteiger partial charge in [-0.3, -0.25) is 4.79 Å². The lowest BCUT2D eigenvalue weighted by Crippen LogP contribution is -2.21. The minimum absolute atomic E-state index is 0.0166. The van der Waals surface area contributed by atoms with E-state index in [9.17, 15) is 9.59 Å². The molecule has 4 radical (unpaired) electrons. The van der Waals surface area contributed by atoms with Crippen LogP contribution >= 0.6 is 0 Å². The Bertz CT molecular complexity index is 1040. The Kier molecular flexibility index (Phi) is 3.63. The van der Waals surface area contributed by atoms with Crippen molar-refractivity contribution in [1.82, 2.24) is 4.98 Å². The lowest BCUT2D eigenvalue weighted by molar-refractivity contribution is 0.0698. The van der Waals surface area contributed by atoms with Crippen LogP contribution < -0.4 is 11.2 Å². The van der Waals surface area contributed by atoms with Gasteiger partial charge in [0.1, 0.15) is 17.0 Å². The van der Waals surface area contributed by atoms with E-state index >= 15 is 0 Å². The van der Waals surface area contributed by atoms with Gasteiger partial charge in [-0.05, 0) is 18.2 Å². The Morgan fingerprint density at radius 3 is 2.71 bits per heavy atom. The number of fused-ring (bicyclic) bond motifs is 2. The molecule has 3 rings (SSSR count). The molecule has 24 heavy (non-hydrogen) atoms. The number of aromatic nitrogens is 1. The summed E-state index contributed by atoms with van der Waals surface area (Å²) in [5.74, 6) is -1.49. The molecule has 2 heterocycles. The van der Waals surface area contributed by atoms with E-state index < -0.39 is 16.7 Å². The van der Waals surface area contributed by atoms with Gasteiger partial charge in [-0.25, -0.2) is 4.79 Å². The van der Waals surface area contributed by atoms with Gasteiger partial charge in [0.2, 0.25) is 11.1 Å². The van der Waals surface area contributed by atoms with Crippen LogP contribution in [0.1, 0.15) is 22.8 Å². The third kappa shape index (κ3) is 2.44. The molecule has 6 nitrogen and oxygen atoms in total. The molecule has 0 aliphatic rings. The van der Waals surface area contributed by atoms with E-state index in [0.29, 0.717) is 11.1 Å². The van der Waals surface area contributed by atoms with Crippen LogP contribution in [0.15, 0.2) is 33.5 Å². The number of aromatic carboxylic acids is 1. The third-order valence-corrected chi connectivity index (χ3v) is 4.01. The molecule has 0 spiro atoms. The smallest absolute Gasteiger partial charge is 0.339 e. The van der Waals surface area contributed by atoms with Gasteiger partial charge in [-0.2, -0.15) is 4.98 Å². The van der Waals surface area contributed by atoms with Crippen LogP contribution in [0.2, 0.25) is 6.32 Å². The fourth-order valence-corrected chi connectivity index (χ4v) is 2.44. The normalized spacial score (nSPS) is 13.9. The van der Waals surface area contributed by atoms with E-state index in [1.165, 1.54) is 6.07 Å². The van der Waals surface area contributed by atoms with Crippen molar-refractivity contribution in [2.45, 2.75) is 18.6 Å². The van der Waals surface area contributed by atoms with Crippen molar-refractivity contribution >= 4 is 49.5 Å². The van der Waals surface area contributed by atoms with Crippen molar-refractivity contribution in [3.8, 4) is 0 Å². The maximum atomic E-state index is 12.7. The van der Waals surface area contributed by atoms with Gasteiger partial charge in [-0.15, -0.1) is 0 Å². The number of pyridine rings is 1. The molecular formula is C16H12B2N2O4. The van der Waals surface area contributed by atoms with Crippen molar-refractivity contribution in [2.24, 2.45) is 0 Å². The largest absolute Gasteiger partial charge is 0.478 e. The summed E-state index contributed by atoms with van der Waals surface area (Å²) in [7, 11) is 11.8. The highest BCUT2D eigenvalue weighted by Crippen LogP contribution is 2.27. The Morgan fingerprint density at radius 2 is 2.08 bits per heavy atom. The van der Waals surface area contributed by atoms with Crippen LogP contribution in [-0.4, -0.2) is 31.8 Å². The number of carboxylic acids is 1. The average molecular weight is 318 g/mol. The summed E-state index contributed by atoms with van der Waals surface area (Å²) in [5.41, 5.74) is 5.90. The summed E-state index contributed by atoms with van der Waals surface area (Å²) in [4.78, 5) is 27.8. The van der Waals surface area contributed by atoms with Gasteiger partial charge >= 0.3 is 5.97 Å². The summed E-state index contributed by atoms with van der Waals surface area (Å²) in [6.45, 7) is 1.75.